The summed E-state index contributed by atoms with van der Waals surface area (Å²) in [6.45, 7) is 4.96. The Morgan fingerprint density at radius 1 is 1.19 bits per heavy atom. The van der Waals surface area contributed by atoms with Crippen molar-refractivity contribution in [3.63, 3.8) is 0 Å². The second kappa shape index (κ2) is 12.8. The van der Waals surface area contributed by atoms with Crippen molar-refractivity contribution in [2.24, 2.45) is 0 Å². The van der Waals surface area contributed by atoms with E-state index in [1.54, 1.807) is 29.2 Å². The normalized spacial score (nSPS) is 17.8. The minimum absolute atomic E-state index is 0. The standard InChI is InChI=1S/C25H33N5O6.ClH/c1-3-36-24-19(6-7-22(28-24)29-8-10-30(11-9-29)25(34)35-2)23(33)27-15-21(32)20-13-16-4-5-18(31)12-17(16)14-26-20;/h4-7,12,20-21,26,31-32H,3,8-11,13-15H2,1-2H3,(H,27,33);1H/t20-,21+;/m0./s1. The van der Waals surface area contributed by atoms with E-state index < -0.39 is 6.10 Å². The third kappa shape index (κ3) is 6.73. The van der Waals surface area contributed by atoms with Crippen molar-refractivity contribution in [1.82, 2.24) is 20.5 Å². The lowest BCUT2D eigenvalue weighted by Gasteiger charge is -2.34. The van der Waals surface area contributed by atoms with Gasteiger partial charge in [0.25, 0.3) is 5.91 Å². The van der Waals surface area contributed by atoms with Crippen LogP contribution in [-0.2, 0) is 17.7 Å². The fourth-order valence-corrected chi connectivity index (χ4v) is 4.51. The number of hydrogen-bond donors (Lipinski definition) is 4. The molecule has 202 valence electrons. The Morgan fingerprint density at radius 3 is 2.65 bits per heavy atom. The number of halogens is 1. The molecule has 1 aromatic heterocycles. The summed E-state index contributed by atoms with van der Waals surface area (Å²) in [5.74, 6) is 0.723. The molecule has 0 spiro atoms. The van der Waals surface area contributed by atoms with Gasteiger partial charge < -0.3 is 40.1 Å². The summed E-state index contributed by atoms with van der Waals surface area (Å²) in [4.78, 5) is 32.9. The third-order valence-electron chi connectivity index (χ3n) is 6.53. The van der Waals surface area contributed by atoms with E-state index in [1.807, 2.05) is 17.9 Å². The number of amides is 2. The molecule has 3 heterocycles. The number of pyridine rings is 1. The van der Waals surface area contributed by atoms with Gasteiger partial charge in [0.05, 0.1) is 19.8 Å². The SMILES string of the molecule is CCOc1nc(N2CCN(C(=O)OC)CC2)ccc1C(=O)NC[C@@H](O)[C@@H]1Cc2ccc(O)cc2CN1.Cl. The summed E-state index contributed by atoms with van der Waals surface area (Å²) in [5.41, 5.74) is 2.35. The summed E-state index contributed by atoms with van der Waals surface area (Å²) in [6, 6.07) is 8.43. The number of aromatic nitrogens is 1. The van der Waals surface area contributed by atoms with Gasteiger partial charge in [0.2, 0.25) is 5.88 Å². The molecular weight excluding hydrogens is 502 g/mol. The van der Waals surface area contributed by atoms with Crippen molar-refractivity contribution in [3.8, 4) is 11.6 Å². The van der Waals surface area contributed by atoms with Gasteiger partial charge in [0.1, 0.15) is 17.1 Å². The number of benzene rings is 1. The van der Waals surface area contributed by atoms with Gasteiger partial charge in [-0.1, -0.05) is 6.07 Å². The topological polar surface area (TPSA) is 136 Å². The highest BCUT2D eigenvalue weighted by atomic mass is 35.5. The van der Waals surface area contributed by atoms with Gasteiger partial charge in [-0.3, -0.25) is 4.79 Å². The van der Waals surface area contributed by atoms with Crippen molar-refractivity contribution in [2.75, 3.05) is 51.3 Å². The Labute approximate surface area is 222 Å². The summed E-state index contributed by atoms with van der Waals surface area (Å²) in [5, 5.41) is 26.4. The van der Waals surface area contributed by atoms with Crippen LogP contribution in [0, 0.1) is 0 Å². The summed E-state index contributed by atoms with van der Waals surface area (Å²) in [6.07, 6.45) is -0.556. The van der Waals surface area contributed by atoms with Crippen LogP contribution in [0.25, 0.3) is 0 Å². The van der Waals surface area contributed by atoms with Gasteiger partial charge in [-0.2, -0.15) is 4.98 Å². The average Bonchev–Trinajstić information content (AvgIpc) is 2.91. The molecule has 2 atom stereocenters. The molecule has 11 nitrogen and oxygen atoms in total. The number of aliphatic hydroxyl groups excluding tert-OH is 1. The number of carbonyl (C=O) groups excluding carboxylic acids is 2. The molecule has 12 heteroatoms. The first-order valence-electron chi connectivity index (χ1n) is 12.1. The van der Waals surface area contributed by atoms with Crippen molar-refractivity contribution in [2.45, 2.75) is 32.0 Å². The Balaban J connectivity index is 0.00000380. The number of aromatic hydroxyl groups is 1. The number of ether oxygens (including phenoxy) is 2. The maximum atomic E-state index is 12.9. The van der Waals surface area contributed by atoms with Crippen LogP contribution in [-0.4, -0.2) is 90.7 Å². The average molecular weight is 536 g/mol. The number of hydrogen-bond acceptors (Lipinski definition) is 9. The monoisotopic (exact) mass is 535 g/mol. The molecule has 37 heavy (non-hydrogen) atoms. The number of methoxy groups -OCH3 is 1. The molecule has 1 saturated heterocycles. The number of aliphatic hydroxyl groups is 1. The molecule has 0 radical (unpaired) electrons. The molecular formula is C25H34ClN5O6. The molecule has 2 aliphatic rings. The van der Waals surface area contributed by atoms with E-state index in [2.05, 4.69) is 15.6 Å². The minimum Gasteiger partial charge on any atom is -0.508 e. The van der Waals surface area contributed by atoms with Gasteiger partial charge >= 0.3 is 6.09 Å². The molecule has 4 rings (SSSR count). The van der Waals surface area contributed by atoms with Crippen LogP contribution in [0.2, 0.25) is 0 Å². The van der Waals surface area contributed by atoms with Crippen LogP contribution >= 0.6 is 12.4 Å². The predicted molar refractivity (Wildman–Crippen MR) is 140 cm³/mol. The lowest BCUT2D eigenvalue weighted by Crippen LogP contribution is -2.49. The Morgan fingerprint density at radius 2 is 1.95 bits per heavy atom. The largest absolute Gasteiger partial charge is 0.508 e. The highest BCUT2D eigenvalue weighted by Gasteiger charge is 2.27. The molecule has 0 saturated carbocycles. The highest BCUT2D eigenvalue weighted by molar-refractivity contribution is 5.96. The number of nitrogens with zero attached hydrogens (tertiary/aromatic N) is 3. The number of piperazine rings is 1. The predicted octanol–water partition coefficient (Wildman–Crippen LogP) is 1.30. The van der Waals surface area contributed by atoms with E-state index in [-0.39, 0.29) is 48.6 Å². The number of rotatable bonds is 7. The molecule has 2 aliphatic heterocycles. The van der Waals surface area contributed by atoms with Crippen LogP contribution in [0.4, 0.5) is 10.6 Å². The maximum Gasteiger partial charge on any atom is 0.409 e. The fraction of sp³-hybridized carbons (Fsp3) is 0.480. The zero-order chi connectivity index (χ0) is 25.7. The molecule has 2 amide bonds. The third-order valence-corrected chi connectivity index (χ3v) is 6.53. The van der Waals surface area contributed by atoms with Crippen LogP contribution < -0.4 is 20.3 Å². The fourth-order valence-electron chi connectivity index (χ4n) is 4.51. The Kier molecular flexibility index (Phi) is 9.79. The lowest BCUT2D eigenvalue weighted by atomic mass is 9.92. The van der Waals surface area contributed by atoms with E-state index >= 15 is 0 Å². The molecule has 0 unspecified atom stereocenters. The highest BCUT2D eigenvalue weighted by Crippen LogP contribution is 2.24. The molecule has 1 aromatic carbocycles. The van der Waals surface area contributed by atoms with E-state index in [0.29, 0.717) is 57.1 Å². The molecule has 4 N–H and O–H groups in total. The zero-order valence-electron chi connectivity index (χ0n) is 21.0. The second-order valence-corrected chi connectivity index (χ2v) is 8.82. The Bertz CT molecular complexity index is 1100. The molecule has 2 aromatic rings. The van der Waals surface area contributed by atoms with Gasteiger partial charge in [-0.05, 0) is 48.7 Å². The van der Waals surface area contributed by atoms with Gasteiger partial charge in [0.15, 0.2) is 0 Å². The van der Waals surface area contributed by atoms with Crippen molar-refractivity contribution >= 4 is 30.2 Å². The van der Waals surface area contributed by atoms with E-state index in [1.165, 1.54) is 7.11 Å². The van der Waals surface area contributed by atoms with E-state index in [9.17, 15) is 19.8 Å². The number of phenolic OH excluding ortho intramolecular Hbond substituents is 1. The first kappa shape index (κ1) is 28.3. The number of nitrogens with one attached hydrogen (secondary N) is 2. The maximum absolute atomic E-state index is 12.9. The first-order valence-corrected chi connectivity index (χ1v) is 12.1. The van der Waals surface area contributed by atoms with Crippen LogP contribution in [0.15, 0.2) is 30.3 Å². The summed E-state index contributed by atoms with van der Waals surface area (Å²) < 4.78 is 10.4. The number of fused-ring (bicyclic) bond motifs is 1. The van der Waals surface area contributed by atoms with E-state index in [0.717, 1.165) is 11.1 Å². The summed E-state index contributed by atoms with van der Waals surface area (Å²) in [7, 11) is 1.37. The van der Waals surface area contributed by atoms with Crippen molar-refractivity contribution in [3.05, 3.63) is 47.0 Å². The summed E-state index contributed by atoms with van der Waals surface area (Å²) >= 11 is 0. The smallest absolute Gasteiger partial charge is 0.409 e. The van der Waals surface area contributed by atoms with Crippen LogP contribution in [0.3, 0.4) is 0 Å². The van der Waals surface area contributed by atoms with Gasteiger partial charge in [-0.15, -0.1) is 12.4 Å². The van der Waals surface area contributed by atoms with Crippen molar-refractivity contribution < 1.29 is 29.3 Å². The minimum atomic E-state index is -0.801. The lowest BCUT2D eigenvalue weighted by molar-refractivity contribution is 0.0865. The quantitative estimate of drug-likeness (QED) is 0.413. The van der Waals surface area contributed by atoms with E-state index in [4.69, 9.17) is 9.47 Å². The van der Waals surface area contributed by atoms with Crippen molar-refractivity contribution in [1.29, 1.82) is 0 Å². The van der Waals surface area contributed by atoms with Crippen LogP contribution in [0.1, 0.15) is 28.4 Å². The second-order valence-electron chi connectivity index (χ2n) is 8.82. The zero-order valence-corrected chi connectivity index (χ0v) is 21.8. The molecule has 0 bridgehead atoms. The van der Waals surface area contributed by atoms with Gasteiger partial charge in [-0.25, -0.2) is 4.79 Å². The first-order chi connectivity index (χ1) is 17.4. The number of anilines is 1. The van der Waals surface area contributed by atoms with Crippen LogP contribution in [0.5, 0.6) is 11.6 Å². The number of phenols is 1. The molecule has 0 aliphatic carbocycles. The Hall–Kier alpha value is -3.28. The van der Waals surface area contributed by atoms with Gasteiger partial charge in [0, 0.05) is 45.3 Å². The number of carbonyl (C=O) groups is 2. The molecule has 1 fully saturated rings.